The number of rotatable bonds is 5. The van der Waals surface area contributed by atoms with Gasteiger partial charge in [-0.2, -0.15) is 0 Å². The van der Waals surface area contributed by atoms with Crippen molar-refractivity contribution < 1.29 is 19.1 Å². The first-order chi connectivity index (χ1) is 13.0. The van der Waals surface area contributed by atoms with Crippen LogP contribution in [0.25, 0.3) is 0 Å². The average molecular weight is 498 g/mol. The number of amides is 2. The first kappa shape index (κ1) is 19.9. The van der Waals surface area contributed by atoms with Gasteiger partial charge in [-0.1, -0.05) is 15.9 Å². The number of carbonyl (C=O) groups is 2. The number of halogens is 2. The van der Waals surface area contributed by atoms with E-state index in [-0.39, 0.29) is 18.4 Å². The molecule has 0 radical (unpaired) electrons. The Morgan fingerprint density at radius 1 is 1.07 bits per heavy atom. The van der Waals surface area contributed by atoms with Crippen molar-refractivity contribution in [1.82, 2.24) is 4.90 Å². The molecule has 0 bridgehead atoms. The summed E-state index contributed by atoms with van der Waals surface area (Å²) in [6, 6.07) is 12.3. The van der Waals surface area contributed by atoms with Gasteiger partial charge in [0.25, 0.3) is 11.8 Å². The van der Waals surface area contributed by atoms with Crippen LogP contribution in [0.4, 0.5) is 5.69 Å². The Hall–Kier alpha value is -1.90. The third kappa shape index (κ3) is 5.54. The second-order valence-electron chi connectivity index (χ2n) is 5.89. The highest BCUT2D eigenvalue weighted by Gasteiger charge is 2.18. The molecule has 0 unspecified atom stereocenters. The highest BCUT2D eigenvalue weighted by Crippen LogP contribution is 2.28. The van der Waals surface area contributed by atoms with Gasteiger partial charge in [-0.05, 0) is 58.4 Å². The molecule has 1 aliphatic heterocycles. The molecule has 0 atom stereocenters. The van der Waals surface area contributed by atoms with Gasteiger partial charge in [0.15, 0.2) is 6.61 Å². The van der Waals surface area contributed by atoms with Crippen LogP contribution in [0.1, 0.15) is 10.4 Å². The van der Waals surface area contributed by atoms with Crippen molar-refractivity contribution >= 4 is 49.4 Å². The standard InChI is InChI=1S/C19H18Br2N2O4/c20-14-3-6-17(16(21)11-14)27-12-18(24)22-15-4-1-13(2-5-15)19(25)23-7-9-26-10-8-23/h1-6,11H,7-10,12H2,(H,22,24). The zero-order chi connectivity index (χ0) is 19.2. The quantitative estimate of drug-likeness (QED) is 0.683. The van der Waals surface area contributed by atoms with Gasteiger partial charge < -0.3 is 19.7 Å². The lowest BCUT2D eigenvalue weighted by Crippen LogP contribution is -2.40. The van der Waals surface area contributed by atoms with E-state index in [4.69, 9.17) is 9.47 Å². The van der Waals surface area contributed by atoms with Gasteiger partial charge in [-0.3, -0.25) is 9.59 Å². The topological polar surface area (TPSA) is 67.9 Å². The minimum Gasteiger partial charge on any atom is -0.483 e. The van der Waals surface area contributed by atoms with Crippen molar-refractivity contribution in [3.8, 4) is 5.75 Å². The van der Waals surface area contributed by atoms with E-state index in [9.17, 15) is 9.59 Å². The number of benzene rings is 2. The molecule has 1 heterocycles. The predicted octanol–water partition coefficient (Wildman–Crippen LogP) is 3.70. The van der Waals surface area contributed by atoms with E-state index in [1.54, 1.807) is 35.2 Å². The van der Waals surface area contributed by atoms with Crippen molar-refractivity contribution in [2.45, 2.75) is 0 Å². The van der Waals surface area contributed by atoms with Gasteiger partial charge >= 0.3 is 0 Å². The molecule has 0 aliphatic carbocycles. The SMILES string of the molecule is O=C(COc1ccc(Br)cc1Br)Nc1ccc(C(=O)N2CCOCC2)cc1. The van der Waals surface area contributed by atoms with Gasteiger partial charge in [0.2, 0.25) is 0 Å². The molecule has 2 amide bonds. The molecule has 2 aromatic rings. The Morgan fingerprint density at radius 3 is 2.44 bits per heavy atom. The lowest BCUT2D eigenvalue weighted by atomic mass is 10.1. The maximum absolute atomic E-state index is 12.4. The van der Waals surface area contributed by atoms with Crippen LogP contribution in [-0.4, -0.2) is 49.6 Å². The van der Waals surface area contributed by atoms with Crippen LogP contribution >= 0.6 is 31.9 Å². The first-order valence-corrected chi connectivity index (χ1v) is 9.96. The highest BCUT2D eigenvalue weighted by molar-refractivity contribution is 9.11. The minimum atomic E-state index is -0.280. The van der Waals surface area contributed by atoms with E-state index in [1.165, 1.54) is 0 Å². The summed E-state index contributed by atoms with van der Waals surface area (Å²) in [7, 11) is 0. The summed E-state index contributed by atoms with van der Waals surface area (Å²) in [5.74, 6) is 0.275. The van der Waals surface area contributed by atoms with Crippen LogP contribution in [0.2, 0.25) is 0 Å². The van der Waals surface area contributed by atoms with Crippen molar-refractivity contribution in [2.24, 2.45) is 0 Å². The normalized spacial score (nSPS) is 13.9. The summed E-state index contributed by atoms with van der Waals surface area (Å²) in [4.78, 5) is 26.2. The Morgan fingerprint density at radius 2 is 1.78 bits per heavy atom. The second kappa shape index (κ2) is 9.34. The molecule has 0 saturated carbocycles. The van der Waals surface area contributed by atoms with E-state index in [2.05, 4.69) is 37.2 Å². The maximum Gasteiger partial charge on any atom is 0.262 e. The molecule has 8 heteroatoms. The number of hydrogen-bond acceptors (Lipinski definition) is 4. The monoisotopic (exact) mass is 496 g/mol. The molecule has 2 aromatic carbocycles. The molecule has 1 aliphatic rings. The number of morpholine rings is 1. The minimum absolute atomic E-state index is 0.0281. The molecule has 3 rings (SSSR count). The second-order valence-corrected chi connectivity index (χ2v) is 7.66. The van der Waals surface area contributed by atoms with Gasteiger partial charge in [0, 0.05) is 28.8 Å². The van der Waals surface area contributed by atoms with Crippen LogP contribution in [-0.2, 0) is 9.53 Å². The van der Waals surface area contributed by atoms with Crippen LogP contribution in [0.5, 0.6) is 5.75 Å². The predicted molar refractivity (Wildman–Crippen MR) is 109 cm³/mol. The molecule has 1 saturated heterocycles. The van der Waals surface area contributed by atoms with E-state index >= 15 is 0 Å². The van der Waals surface area contributed by atoms with E-state index in [0.29, 0.717) is 43.3 Å². The summed E-state index contributed by atoms with van der Waals surface area (Å²) < 4.78 is 12.4. The third-order valence-corrected chi connectivity index (χ3v) is 5.08. The Balaban J connectivity index is 1.52. The smallest absolute Gasteiger partial charge is 0.262 e. The summed E-state index contributed by atoms with van der Waals surface area (Å²) in [6.07, 6.45) is 0. The third-order valence-electron chi connectivity index (χ3n) is 3.97. The first-order valence-electron chi connectivity index (χ1n) is 8.38. The molecular formula is C19H18Br2N2O4. The molecule has 6 nitrogen and oxygen atoms in total. The average Bonchev–Trinajstić information content (AvgIpc) is 2.68. The van der Waals surface area contributed by atoms with Crippen molar-refractivity contribution in [1.29, 1.82) is 0 Å². The fourth-order valence-electron chi connectivity index (χ4n) is 2.58. The fraction of sp³-hybridized carbons (Fsp3) is 0.263. The van der Waals surface area contributed by atoms with E-state index in [0.717, 1.165) is 8.95 Å². The van der Waals surface area contributed by atoms with Crippen LogP contribution in [0, 0.1) is 0 Å². The molecule has 1 fully saturated rings. The van der Waals surface area contributed by atoms with Gasteiger partial charge in [-0.25, -0.2) is 0 Å². The van der Waals surface area contributed by atoms with Gasteiger partial charge in [0.1, 0.15) is 5.75 Å². The summed E-state index contributed by atoms with van der Waals surface area (Å²) >= 11 is 6.75. The summed E-state index contributed by atoms with van der Waals surface area (Å²) in [6.45, 7) is 2.21. The molecule has 1 N–H and O–H groups in total. The fourth-order valence-corrected chi connectivity index (χ4v) is 3.74. The maximum atomic E-state index is 12.4. The summed E-state index contributed by atoms with van der Waals surface area (Å²) in [5, 5.41) is 2.76. The van der Waals surface area contributed by atoms with Gasteiger partial charge in [0.05, 0.1) is 17.7 Å². The number of nitrogens with one attached hydrogen (secondary N) is 1. The zero-order valence-electron chi connectivity index (χ0n) is 14.4. The van der Waals surface area contributed by atoms with Gasteiger partial charge in [-0.15, -0.1) is 0 Å². The number of ether oxygens (including phenoxy) is 2. The van der Waals surface area contributed by atoms with E-state index in [1.807, 2.05) is 12.1 Å². The van der Waals surface area contributed by atoms with Crippen LogP contribution < -0.4 is 10.1 Å². The Labute approximate surface area is 174 Å². The van der Waals surface area contributed by atoms with Crippen molar-refractivity contribution in [2.75, 3.05) is 38.2 Å². The molecule has 142 valence electrons. The Kier molecular flexibility index (Phi) is 6.87. The zero-order valence-corrected chi connectivity index (χ0v) is 17.6. The van der Waals surface area contributed by atoms with Crippen molar-refractivity contribution in [3.05, 3.63) is 57.0 Å². The van der Waals surface area contributed by atoms with Crippen LogP contribution in [0.15, 0.2) is 51.4 Å². The van der Waals surface area contributed by atoms with E-state index < -0.39 is 0 Å². The number of hydrogen-bond donors (Lipinski definition) is 1. The number of carbonyl (C=O) groups excluding carboxylic acids is 2. The number of anilines is 1. The molecule has 0 aromatic heterocycles. The molecule has 27 heavy (non-hydrogen) atoms. The number of nitrogens with zero attached hydrogens (tertiary/aromatic N) is 1. The highest BCUT2D eigenvalue weighted by atomic mass is 79.9. The lowest BCUT2D eigenvalue weighted by molar-refractivity contribution is -0.118. The van der Waals surface area contributed by atoms with Crippen LogP contribution in [0.3, 0.4) is 0 Å². The molecule has 0 spiro atoms. The lowest BCUT2D eigenvalue weighted by Gasteiger charge is -2.26. The largest absolute Gasteiger partial charge is 0.483 e. The van der Waals surface area contributed by atoms with Crippen molar-refractivity contribution in [3.63, 3.8) is 0 Å². The summed E-state index contributed by atoms with van der Waals surface area (Å²) in [5.41, 5.74) is 1.20. The Bertz CT molecular complexity index is 821. The molecular weight excluding hydrogens is 480 g/mol.